The van der Waals surface area contributed by atoms with E-state index in [1.54, 1.807) is 19.9 Å². The number of fused-ring (bicyclic) bond motifs is 1. The van der Waals surface area contributed by atoms with E-state index in [1.165, 1.54) is 6.07 Å². The van der Waals surface area contributed by atoms with Crippen LogP contribution in [0, 0.1) is 0 Å². The van der Waals surface area contributed by atoms with Crippen LogP contribution in [-0.2, 0) is 15.9 Å². The molecule has 1 aromatic heterocycles. The lowest BCUT2D eigenvalue weighted by Gasteiger charge is -2.39. The van der Waals surface area contributed by atoms with Crippen LogP contribution < -0.4 is 14.9 Å². The zero-order valence-electron chi connectivity index (χ0n) is 26.2. The number of allylic oxidation sites excluding steroid dienone is 2. The van der Waals surface area contributed by atoms with Gasteiger partial charge in [-0.25, -0.2) is 0 Å². The minimum absolute atomic E-state index is 0.0258. The lowest BCUT2D eigenvalue weighted by molar-refractivity contribution is -0.277. The number of aromatic hydroxyl groups is 3. The van der Waals surface area contributed by atoms with Crippen molar-refractivity contribution < 1.29 is 79.5 Å². The van der Waals surface area contributed by atoms with Gasteiger partial charge in [0.25, 0.3) is 0 Å². The molecule has 0 aliphatic carbocycles. The molecule has 0 unspecified atom stereocenters. The Morgan fingerprint density at radius 1 is 0.755 bits per heavy atom. The zero-order valence-corrected chi connectivity index (χ0v) is 26.2. The fraction of sp³-hybridized carbons (Fsp3) is 0.469. The Kier molecular flexibility index (Phi) is 10.7. The quantitative estimate of drug-likeness (QED) is 0.0892. The molecule has 49 heavy (non-hydrogen) atoms. The van der Waals surface area contributed by atoms with Crippen LogP contribution in [0.4, 0.5) is 0 Å². The topological polar surface area (TPSA) is 290 Å². The van der Waals surface area contributed by atoms with Crippen LogP contribution in [0.2, 0.25) is 0 Å². The number of phenols is 3. The van der Waals surface area contributed by atoms with Crippen LogP contribution in [0.3, 0.4) is 0 Å². The molecule has 2 aliphatic heterocycles. The minimum Gasteiger partial charge on any atom is -0.507 e. The second kappa shape index (κ2) is 14.5. The monoisotopic (exact) mass is 694 g/mol. The summed E-state index contributed by atoms with van der Waals surface area (Å²) < 4.78 is 28.7. The minimum atomic E-state index is -1.95. The van der Waals surface area contributed by atoms with E-state index in [2.05, 4.69) is 0 Å². The average Bonchev–Trinajstić information content (AvgIpc) is 3.06. The van der Waals surface area contributed by atoms with Gasteiger partial charge < -0.3 is 79.5 Å². The number of aliphatic hydroxyl groups excluding tert-OH is 8. The third kappa shape index (κ3) is 6.90. The summed E-state index contributed by atoms with van der Waals surface area (Å²) >= 11 is 0. The number of phenolic OH excluding ortho intramolecular Hbond substituents is 3. The lowest BCUT2D eigenvalue weighted by Crippen LogP contribution is -2.60. The summed E-state index contributed by atoms with van der Waals surface area (Å²) in [5, 5.41) is 112. The maximum absolute atomic E-state index is 14.2. The Labute approximate surface area is 277 Å². The first-order chi connectivity index (χ1) is 23.2. The molecule has 2 fully saturated rings. The summed E-state index contributed by atoms with van der Waals surface area (Å²) in [6.07, 6.45) is -15.5. The van der Waals surface area contributed by atoms with Crippen molar-refractivity contribution in [2.45, 2.75) is 81.7 Å². The van der Waals surface area contributed by atoms with Crippen molar-refractivity contribution in [3.8, 4) is 40.1 Å². The predicted octanol–water partition coefficient (Wildman–Crippen LogP) is -1.56. The highest BCUT2D eigenvalue weighted by Gasteiger charge is 2.46. The van der Waals surface area contributed by atoms with Crippen molar-refractivity contribution in [3.63, 3.8) is 0 Å². The van der Waals surface area contributed by atoms with Crippen LogP contribution in [0.1, 0.15) is 19.4 Å². The van der Waals surface area contributed by atoms with Crippen molar-refractivity contribution in [1.29, 1.82) is 0 Å². The maximum Gasteiger partial charge on any atom is 0.239 e. The van der Waals surface area contributed by atoms with Gasteiger partial charge in [0, 0.05) is 17.2 Å². The van der Waals surface area contributed by atoms with Gasteiger partial charge >= 0.3 is 0 Å². The molecule has 2 saturated heterocycles. The highest BCUT2D eigenvalue weighted by Crippen LogP contribution is 2.42. The summed E-state index contributed by atoms with van der Waals surface area (Å²) in [6.45, 7) is 2.00. The molecule has 2 aliphatic rings. The number of rotatable bonds is 9. The van der Waals surface area contributed by atoms with E-state index in [9.17, 15) is 61.0 Å². The van der Waals surface area contributed by atoms with Crippen molar-refractivity contribution in [1.82, 2.24) is 0 Å². The molecule has 268 valence electrons. The Bertz CT molecular complexity index is 1750. The number of hydrogen-bond acceptors (Lipinski definition) is 17. The molecule has 3 aromatic rings. The third-order valence-corrected chi connectivity index (χ3v) is 8.29. The molecule has 17 heteroatoms. The molecule has 0 amide bonds. The van der Waals surface area contributed by atoms with Crippen LogP contribution in [0.5, 0.6) is 28.7 Å². The zero-order chi connectivity index (χ0) is 35.9. The van der Waals surface area contributed by atoms with Crippen molar-refractivity contribution in [2.24, 2.45) is 0 Å². The predicted molar refractivity (Wildman–Crippen MR) is 165 cm³/mol. The molecule has 0 radical (unpaired) electrons. The largest absolute Gasteiger partial charge is 0.507 e. The molecule has 11 N–H and O–H groups in total. The molecule has 10 atom stereocenters. The van der Waals surface area contributed by atoms with Gasteiger partial charge in [0.1, 0.15) is 71.3 Å². The summed E-state index contributed by atoms with van der Waals surface area (Å²) in [6, 6.07) is 4.33. The molecule has 0 saturated carbocycles. The molecule has 0 spiro atoms. The van der Waals surface area contributed by atoms with E-state index in [0.717, 1.165) is 23.8 Å². The van der Waals surface area contributed by atoms with E-state index in [4.69, 9.17) is 23.4 Å². The van der Waals surface area contributed by atoms with Crippen LogP contribution in [0.25, 0.3) is 22.3 Å². The Morgan fingerprint density at radius 3 is 1.86 bits per heavy atom. The lowest BCUT2D eigenvalue weighted by atomic mass is 9.99. The second-order valence-corrected chi connectivity index (χ2v) is 12.0. The molecule has 5 rings (SSSR count). The van der Waals surface area contributed by atoms with E-state index in [-0.39, 0.29) is 28.9 Å². The van der Waals surface area contributed by atoms with E-state index < -0.39 is 114 Å². The summed E-state index contributed by atoms with van der Waals surface area (Å²) in [4.78, 5) is 14.2. The first kappa shape index (κ1) is 36.3. The SMILES string of the molecule is CC(C)=CCc1c(O[C@@H]2O[C@H](CO)[C@@H](O)[C@H](O)[C@H]2O)cc(O)c2c(=O)c(O[C@@H]3O[C@H](CO)[C@@H](O)[C@H](O)[C@H]3O)c(-c3ccc(O)c(O)c3)oc12. The first-order valence-corrected chi connectivity index (χ1v) is 15.1. The number of benzene rings is 2. The smallest absolute Gasteiger partial charge is 0.239 e. The average molecular weight is 695 g/mol. The third-order valence-electron chi connectivity index (χ3n) is 8.29. The maximum atomic E-state index is 14.2. The Balaban J connectivity index is 1.73. The van der Waals surface area contributed by atoms with Crippen LogP contribution in [0.15, 0.2) is 45.1 Å². The van der Waals surface area contributed by atoms with Crippen molar-refractivity contribution in [3.05, 3.63) is 51.7 Å². The molecule has 17 nitrogen and oxygen atoms in total. The van der Waals surface area contributed by atoms with Crippen molar-refractivity contribution >= 4 is 11.0 Å². The standard InChI is InChI=1S/C32H38O17/c1-11(2)3-5-13-17(45-31-26(43)24(41)21(38)18(9-33)46-31)8-16(37)20-23(40)30(49-32-27(44)25(42)22(39)19(10-34)47-32)28(48-29(13)20)12-4-6-14(35)15(36)7-12/h3-4,6-8,18-19,21-22,24-27,31-39,41-44H,5,9-10H2,1-2H3/t18-,19-,21-,22-,24+,25+,26-,27-,31-,32+/m1/s1. The molecule has 3 heterocycles. The van der Waals surface area contributed by atoms with E-state index in [1.807, 2.05) is 0 Å². The number of hydrogen-bond donors (Lipinski definition) is 11. The van der Waals surface area contributed by atoms with Crippen molar-refractivity contribution in [2.75, 3.05) is 13.2 Å². The van der Waals surface area contributed by atoms with E-state index >= 15 is 0 Å². The molecule has 0 bridgehead atoms. The van der Waals surface area contributed by atoms with Gasteiger partial charge in [-0.1, -0.05) is 11.6 Å². The van der Waals surface area contributed by atoms with Gasteiger partial charge in [-0.2, -0.15) is 0 Å². The summed E-state index contributed by atoms with van der Waals surface area (Å²) in [7, 11) is 0. The fourth-order valence-corrected chi connectivity index (χ4v) is 5.50. The van der Waals surface area contributed by atoms with Crippen LogP contribution >= 0.6 is 0 Å². The molecular weight excluding hydrogens is 656 g/mol. The number of aliphatic hydroxyl groups is 8. The molecular formula is C32H38O17. The van der Waals surface area contributed by atoms with Crippen LogP contribution in [-0.4, -0.2) is 131 Å². The summed E-state index contributed by atoms with van der Waals surface area (Å²) in [5.41, 5.74) is -0.538. The van der Waals surface area contributed by atoms with Gasteiger partial charge in [0.2, 0.25) is 23.8 Å². The first-order valence-electron chi connectivity index (χ1n) is 15.1. The van der Waals surface area contributed by atoms with E-state index in [0.29, 0.717) is 0 Å². The second-order valence-electron chi connectivity index (χ2n) is 12.0. The van der Waals surface area contributed by atoms with Gasteiger partial charge in [0.15, 0.2) is 17.3 Å². The summed E-state index contributed by atoms with van der Waals surface area (Å²) in [5.74, 6) is -3.27. The van der Waals surface area contributed by atoms with Gasteiger partial charge in [0.05, 0.1) is 13.2 Å². The Hall–Kier alpha value is -4.01. The highest BCUT2D eigenvalue weighted by atomic mass is 16.7. The Morgan fingerprint density at radius 2 is 1.33 bits per heavy atom. The fourth-order valence-electron chi connectivity index (χ4n) is 5.50. The van der Waals surface area contributed by atoms with Gasteiger partial charge in [-0.15, -0.1) is 0 Å². The highest BCUT2D eigenvalue weighted by molar-refractivity contribution is 5.91. The van der Waals surface area contributed by atoms with Gasteiger partial charge in [-0.3, -0.25) is 4.79 Å². The van der Waals surface area contributed by atoms with Gasteiger partial charge in [-0.05, 0) is 38.5 Å². The normalized spacial score (nSPS) is 30.2. The number of ether oxygens (including phenoxy) is 4. The molecule has 2 aromatic carbocycles.